The van der Waals surface area contributed by atoms with Gasteiger partial charge in [0.25, 0.3) is 0 Å². The van der Waals surface area contributed by atoms with Crippen molar-refractivity contribution in [3.8, 4) is 0 Å². The summed E-state index contributed by atoms with van der Waals surface area (Å²) in [6, 6.07) is 0.725. The van der Waals surface area contributed by atoms with Crippen LogP contribution in [0.5, 0.6) is 0 Å². The summed E-state index contributed by atoms with van der Waals surface area (Å²) in [6.45, 7) is 9.03. The van der Waals surface area contributed by atoms with Crippen molar-refractivity contribution < 1.29 is 9.53 Å². The Kier molecular flexibility index (Phi) is 7.33. The highest BCUT2D eigenvalue weighted by Crippen LogP contribution is 2.23. The highest BCUT2D eigenvalue weighted by molar-refractivity contribution is 5.72. The molecule has 0 bridgehead atoms. The molecule has 1 heterocycles. The summed E-state index contributed by atoms with van der Waals surface area (Å²) in [6.07, 6.45) is 7.03. The number of esters is 1. The number of rotatable bonds is 7. The van der Waals surface area contributed by atoms with E-state index in [-0.39, 0.29) is 11.9 Å². The first-order chi connectivity index (χ1) is 8.72. The van der Waals surface area contributed by atoms with Gasteiger partial charge in [0.2, 0.25) is 0 Å². The van der Waals surface area contributed by atoms with E-state index in [1.54, 1.807) is 0 Å². The number of nitrogens with zero attached hydrogens (tertiary/aromatic N) is 1. The first-order valence-electron chi connectivity index (χ1n) is 7.63. The number of ether oxygens (including phenoxy) is 1. The molecule has 0 radical (unpaired) electrons. The van der Waals surface area contributed by atoms with Gasteiger partial charge in [0.05, 0.1) is 12.5 Å². The average molecular weight is 255 g/mol. The molecule has 0 spiro atoms. The van der Waals surface area contributed by atoms with Gasteiger partial charge in [-0.3, -0.25) is 4.79 Å². The zero-order chi connectivity index (χ0) is 13.4. The molecule has 18 heavy (non-hydrogen) atoms. The molecule has 3 heteroatoms. The number of carbonyl (C=O) groups is 1. The van der Waals surface area contributed by atoms with Gasteiger partial charge in [-0.2, -0.15) is 0 Å². The van der Waals surface area contributed by atoms with Crippen molar-refractivity contribution in [3.63, 3.8) is 0 Å². The summed E-state index contributed by atoms with van der Waals surface area (Å²) in [5, 5.41) is 0. The Hall–Kier alpha value is -0.570. The smallest absolute Gasteiger partial charge is 0.309 e. The first kappa shape index (κ1) is 15.5. The lowest BCUT2D eigenvalue weighted by molar-refractivity contribution is -0.149. The lowest BCUT2D eigenvalue weighted by Crippen LogP contribution is -2.43. The summed E-state index contributed by atoms with van der Waals surface area (Å²) >= 11 is 0. The predicted molar refractivity (Wildman–Crippen MR) is 74.5 cm³/mol. The lowest BCUT2D eigenvalue weighted by Gasteiger charge is -2.37. The van der Waals surface area contributed by atoms with Crippen LogP contribution in [-0.4, -0.2) is 36.6 Å². The minimum atomic E-state index is 0.0136. The minimum Gasteiger partial charge on any atom is -0.466 e. The molecule has 3 nitrogen and oxygen atoms in total. The second kappa shape index (κ2) is 8.52. The highest BCUT2D eigenvalue weighted by atomic mass is 16.5. The van der Waals surface area contributed by atoms with Crippen molar-refractivity contribution in [2.45, 2.75) is 65.3 Å². The average Bonchev–Trinajstić information content (AvgIpc) is 2.39. The number of carbonyl (C=O) groups excluding carboxylic acids is 1. The fourth-order valence-electron chi connectivity index (χ4n) is 2.94. The molecule has 0 N–H and O–H groups in total. The third-order valence-electron chi connectivity index (χ3n) is 3.91. The van der Waals surface area contributed by atoms with Crippen molar-refractivity contribution in [2.75, 3.05) is 19.7 Å². The number of hydrogen-bond donors (Lipinski definition) is 0. The van der Waals surface area contributed by atoms with E-state index in [1.807, 2.05) is 6.92 Å². The Morgan fingerprint density at radius 2 is 1.72 bits per heavy atom. The van der Waals surface area contributed by atoms with Gasteiger partial charge in [-0.25, -0.2) is 0 Å². The molecule has 1 aliphatic rings. The van der Waals surface area contributed by atoms with E-state index in [1.165, 1.54) is 25.7 Å². The van der Waals surface area contributed by atoms with Gasteiger partial charge in [-0.15, -0.1) is 0 Å². The van der Waals surface area contributed by atoms with Gasteiger partial charge >= 0.3 is 5.97 Å². The van der Waals surface area contributed by atoms with Crippen molar-refractivity contribution in [2.24, 2.45) is 5.92 Å². The van der Waals surface area contributed by atoms with Gasteiger partial charge in [0.15, 0.2) is 0 Å². The second-order valence-electron chi connectivity index (χ2n) is 5.29. The maximum absolute atomic E-state index is 11.7. The Balaban J connectivity index is 2.38. The van der Waals surface area contributed by atoms with Crippen LogP contribution >= 0.6 is 0 Å². The van der Waals surface area contributed by atoms with E-state index in [4.69, 9.17) is 4.74 Å². The fraction of sp³-hybridized carbons (Fsp3) is 0.933. The van der Waals surface area contributed by atoms with Crippen LogP contribution in [-0.2, 0) is 9.53 Å². The molecule has 1 fully saturated rings. The van der Waals surface area contributed by atoms with Crippen LogP contribution < -0.4 is 0 Å². The molecule has 0 aromatic carbocycles. The monoisotopic (exact) mass is 255 g/mol. The topological polar surface area (TPSA) is 29.5 Å². The summed E-state index contributed by atoms with van der Waals surface area (Å²) in [5.74, 6) is 0.157. The van der Waals surface area contributed by atoms with Crippen molar-refractivity contribution in [1.29, 1.82) is 0 Å². The largest absolute Gasteiger partial charge is 0.466 e. The van der Waals surface area contributed by atoms with E-state index in [0.717, 1.165) is 32.0 Å². The van der Waals surface area contributed by atoms with Gasteiger partial charge < -0.3 is 9.64 Å². The van der Waals surface area contributed by atoms with Crippen molar-refractivity contribution in [1.82, 2.24) is 4.90 Å². The Labute approximate surface area is 112 Å². The van der Waals surface area contributed by atoms with Crippen LogP contribution in [0, 0.1) is 5.92 Å². The molecule has 0 aliphatic carbocycles. The third kappa shape index (κ3) is 4.60. The van der Waals surface area contributed by atoms with Gasteiger partial charge in [-0.1, -0.05) is 26.7 Å². The van der Waals surface area contributed by atoms with E-state index < -0.39 is 0 Å². The molecular formula is C15H29NO2. The van der Waals surface area contributed by atoms with Gasteiger partial charge in [-0.05, 0) is 45.7 Å². The van der Waals surface area contributed by atoms with Crippen LogP contribution in [0.25, 0.3) is 0 Å². The normalized spacial score (nSPS) is 18.2. The SMILES string of the molecule is CCCC(CCC)N1CCC(C(=O)OCC)CC1. The predicted octanol–water partition coefficient (Wildman–Crippen LogP) is 3.23. The van der Waals surface area contributed by atoms with Crippen LogP contribution in [0.1, 0.15) is 59.3 Å². The van der Waals surface area contributed by atoms with Gasteiger partial charge in [0, 0.05) is 6.04 Å². The molecule has 0 unspecified atom stereocenters. The van der Waals surface area contributed by atoms with E-state index >= 15 is 0 Å². The van der Waals surface area contributed by atoms with Crippen LogP contribution in [0.3, 0.4) is 0 Å². The quantitative estimate of drug-likeness (QED) is 0.654. The standard InChI is InChI=1S/C15H29NO2/c1-4-7-14(8-5-2)16-11-9-13(10-12-16)15(17)18-6-3/h13-14H,4-12H2,1-3H3. The van der Waals surface area contributed by atoms with Crippen LogP contribution in [0.4, 0.5) is 0 Å². The lowest BCUT2D eigenvalue weighted by atomic mass is 9.94. The van der Waals surface area contributed by atoms with E-state index in [9.17, 15) is 4.79 Å². The van der Waals surface area contributed by atoms with Crippen molar-refractivity contribution >= 4 is 5.97 Å². The summed E-state index contributed by atoms with van der Waals surface area (Å²) in [5.41, 5.74) is 0. The molecule has 0 aromatic rings. The van der Waals surface area contributed by atoms with E-state index in [2.05, 4.69) is 18.7 Å². The molecule has 1 saturated heterocycles. The third-order valence-corrected chi connectivity index (χ3v) is 3.91. The van der Waals surface area contributed by atoms with E-state index in [0.29, 0.717) is 6.61 Å². The number of hydrogen-bond acceptors (Lipinski definition) is 3. The van der Waals surface area contributed by atoms with Crippen LogP contribution in [0.2, 0.25) is 0 Å². The highest BCUT2D eigenvalue weighted by Gasteiger charge is 2.28. The summed E-state index contributed by atoms with van der Waals surface area (Å²) in [4.78, 5) is 14.3. The Morgan fingerprint density at radius 1 is 1.17 bits per heavy atom. The Morgan fingerprint density at radius 3 is 2.17 bits per heavy atom. The molecule has 0 atom stereocenters. The molecule has 0 saturated carbocycles. The number of likely N-dealkylation sites (tertiary alicyclic amines) is 1. The zero-order valence-corrected chi connectivity index (χ0v) is 12.3. The first-order valence-corrected chi connectivity index (χ1v) is 7.63. The zero-order valence-electron chi connectivity index (χ0n) is 12.3. The minimum absolute atomic E-state index is 0.0136. The molecule has 106 valence electrons. The maximum atomic E-state index is 11.7. The summed E-state index contributed by atoms with van der Waals surface area (Å²) in [7, 11) is 0. The molecule has 1 rings (SSSR count). The molecule has 1 aliphatic heterocycles. The molecule has 0 aromatic heterocycles. The Bertz CT molecular complexity index is 229. The number of piperidine rings is 1. The second-order valence-corrected chi connectivity index (χ2v) is 5.29. The summed E-state index contributed by atoms with van der Waals surface area (Å²) < 4.78 is 5.11. The maximum Gasteiger partial charge on any atom is 0.309 e. The molecule has 0 amide bonds. The molecular weight excluding hydrogens is 226 g/mol. The van der Waals surface area contributed by atoms with Crippen molar-refractivity contribution in [3.05, 3.63) is 0 Å². The van der Waals surface area contributed by atoms with Crippen LogP contribution in [0.15, 0.2) is 0 Å². The fourth-order valence-corrected chi connectivity index (χ4v) is 2.94. The van der Waals surface area contributed by atoms with Gasteiger partial charge in [0.1, 0.15) is 0 Å².